The maximum absolute atomic E-state index is 9.52. The van der Waals surface area contributed by atoms with Gasteiger partial charge in [0.05, 0.1) is 18.3 Å². The fourth-order valence-electron chi connectivity index (χ4n) is 2.86. The van der Waals surface area contributed by atoms with Crippen molar-refractivity contribution in [2.75, 3.05) is 6.61 Å². The number of rotatable bonds is 1. The molecule has 0 radical (unpaired) electrons. The lowest BCUT2D eigenvalue weighted by Crippen LogP contribution is -2.51. The summed E-state index contributed by atoms with van der Waals surface area (Å²) < 4.78 is 0. The molecule has 0 saturated heterocycles. The number of aliphatic hydroxyl groups is 1. The highest BCUT2D eigenvalue weighted by atomic mass is 16.3. The van der Waals surface area contributed by atoms with Crippen LogP contribution in [0, 0.1) is 5.41 Å². The molecule has 2 aliphatic carbocycles. The lowest BCUT2D eigenvalue weighted by molar-refractivity contribution is 0.108. The molecule has 1 heterocycles. The van der Waals surface area contributed by atoms with Gasteiger partial charge in [0, 0.05) is 11.3 Å². The number of nitrogens with two attached hydrogens (primary N) is 1. The van der Waals surface area contributed by atoms with Gasteiger partial charge in [0.2, 0.25) is 0 Å². The summed E-state index contributed by atoms with van der Waals surface area (Å²) in [7, 11) is 0. The quantitative estimate of drug-likeness (QED) is 0.599. The van der Waals surface area contributed by atoms with Crippen LogP contribution in [-0.2, 0) is 12.0 Å². The molecular weight excluding hydrogens is 178 g/mol. The number of hydrogen-bond acceptors (Lipinski definition) is 3. The number of nitrogens with one attached hydrogen (secondary N) is 1. The van der Waals surface area contributed by atoms with Crippen LogP contribution in [0.4, 0.5) is 0 Å². The highest BCUT2D eigenvalue weighted by Gasteiger charge is 2.60. The van der Waals surface area contributed by atoms with Crippen LogP contribution in [0.25, 0.3) is 0 Å². The average molecular weight is 193 g/mol. The van der Waals surface area contributed by atoms with Crippen molar-refractivity contribution in [2.24, 2.45) is 11.1 Å². The number of aromatic nitrogens is 2. The molecule has 2 aliphatic rings. The van der Waals surface area contributed by atoms with E-state index in [1.165, 1.54) is 0 Å². The number of H-pyrrole nitrogens is 1. The van der Waals surface area contributed by atoms with Gasteiger partial charge in [-0.1, -0.05) is 0 Å². The first-order chi connectivity index (χ1) is 6.72. The molecule has 4 nitrogen and oxygen atoms in total. The standard InChI is InChI=1S/C10H15N3O/c11-10(6-14)7-5-12-13-8(7)1-2-9(10)3-4-9/h5,14H,1-4,6,11H2,(H,12,13). The monoisotopic (exact) mass is 193 g/mol. The Morgan fingerprint density at radius 1 is 1.50 bits per heavy atom. The van der Waals surface area contributed by atoms with Crippen LogP contribution in [0.3, 0.4) is 0 Å². The molecule has 76 valence electrons. The molecule has 14 heavy (non-hydrogen) atoms. The number of nitrogens with zero attached hydrogens (tertiary/aromatic N) is 1. The third-order valence-electron chi connectivity index (χ3n) is 4.10. The summed E-state index contributed by atoms with van der Waals surface area (Å²) in [6.45, 7) is 0.0273. The van der Waals surface area contributed by atoms with Crippen molar-refractivity contribution in [2.45, 2.75) is 31.2 Å². The van der Waals surface area contributed by atoms with E-state index in [2.05, 4.69) is 10.2 Å². The largest absolute Gasteiger partial charge is 0.394 e. The van der Waals surface area contributed by atoms with E-state index in [4.69, 9.17) is 5.73 Å². The van der Waals surface area contributed by atoms with Crippen LogP contribution in [0.15, 0.2) is 6.20 Å². The number of hydrogen-bond donors (Lipinski definition) is 3. The molecule has 1 saturated carbocycles. The molecule has 3 rings (SSSR count). The number of aryl methyl sites for hydroxylation is 1. The average Bonchev–Trinajstić information content (AvgIpc) is 2.82. The van der Waals surface area contributed by atoms with E-state index < -0.39 is 5.54 Å². The molecule has 0 amide bonds. The van der Waals surface area contributed by atoms with Crippen molar-refractivity contribution < 1.29 is 5.11 Å². The van der Waals surface area contributed by atoms with Gasteiger partial charge in [0.15, 0.2) is 0 Å². The Hall–Kier alpha value is -0.870. The molecule has 4 N–H and O–H groups in total. The molecule has 0 aliphatic heterocycles. The van der Waals surface area contributed by atoms with Gasteiger partial charge in [-0.25, -0.2) is 0 Å². The molecule has 4 heteroatoms. The van der Waals surface area contributed by atoms with Crippen molar-refractivity contribution in [3.05, 3.63) is 17.5 Å². The molecule has 0 bridgehead atoms. The highest BCUT2D eigenvalue weighted by Crippen LogP contribution is 2.62. The molecule has 1 spiro atoms. The summed E-state index contributed by atoms with van der Waals surface area (Å²) >= 11 is 0. The van der Waals surface area contributed by atoms with E-state index in [0.717, 1.165) is 36.9 Å². The topological polar surface area (TPSA) is 74.9 Å². The number of aromatic amines is 1. The smallest absolute Gasteiger partial charge is 0.0734 e. The van der Waals surface area contributed by atoms with Crippen LogP contribution < -0.4 is 5.73 Å². The Bertz CT molecular complexity index is 369. The molecule has 1 unspecified atom stereocenters. The van der Waals surface area contributed by atoms with Gasteiger partial charge in [0.1, 0.15) is 0 Å². The minimum Gasteiger partial charge on any atom is -0.394 e. The zero-order valence-corrected chi connectivity index (χ0v) is 8.08. The molecule has 1 atom stereocenters. The van der Waals surface area contributed by atoms with Gasteiger partial charge in [0.25, 0.3) is 0 Å². The van der Waals surface area contributed by atoms with Crippen molar-refractivity contribution in [1.82, 2.24) is 10.2 Å². The van der Waals surface area contributed by atoms with Crippen LogP contribution >= 0.6 is 0 Å². The normalized spacial score (nSPS) is 33.0. The van der Waals surface area contributed by atoms with Crippen LogP contribution in [0.2, 0.25) is 0 Å². The highest BCUT2D eigenvalue weighted by molar-refractivity contribution is 5.35. The Kier molecular flexibility index (Phi) is 1.43. The lowest BCUT2D eigenvalue weighted by atomic mass is 9.69. The van der Waals surface area contributed by atoms with Crippen LogP contribution in [0.1, 0.15) is 30.5 Å². The molecule has 0 aromatic carbocycles. The lowest BCUT2D eigenvalue weighted by Gasteiger charge is -2.40. The second kappa shape index (κ2) is 2.38. The summed E-state index contributed by atoms with van der Waals surface area (Å²) in [5.74, 6) is 0. The Morgan fingerprint density at radius 2 is 2.29 bits per heavy atom. The van der Waals surface area contributed by atoms with Crippen LogP contribution in [0.5, 0.6) is 0 Å². The van der Waals surface area contributed by atoms with Crippen molar-refractivity contribution >= 4 is 0 Å². The fourth-order valence-corrected chi connectivity index (χ4v) is 2.86. The Labute approximate surface area is 82.5 Å². The predicted octanol–water partition coefficient (Wildman–Crippen LogP) is 0.282. The van der Waals surface area contributed by atoms with Crippen molar-refractivity contribution in [3.63, 3.8) is 0 Å². The first kappa shape index (κ1) is 8.44. The molecule has 1 fully saturated rings. The summed E-state index contributed by atoms with van der Waals surface area (Å²) in [4.78, 5) is 0. The summed E-state index contributed by atoms with van der Waals surface area (Å²) in [6, 6.07) is 0. The second-order valence-electron chi connectivity index (χ2n) is 4.67. The summed E-state index contributed by atoms with van der Waals surface area (Å²) in [5, 5.41) is 16.5. The maximum Gasteiger partial charge on any atom is 0.0734 e. The third kappa shape index (κ3) is 0.786. The first-order valence-electron chi connectivity index (χ1n) is 5.14. The van der Waals surface area contributed by atoms with Crippen molar-refractivity contribution in [3.8, 4) is 0 Å². The van der Waals surface area contributed by atoms with E-state index in [0.29, 0.717) is 0 Å². The van der Waals surface area contributed by atoms with E-state index in [9.17, 15) is 5.11 Å². The molecular formula is C10H15N3O. The fraction of sp³-hybridized carbons (Fsp3) is 0.700. The van der Waals surface area contributed by atoms with Gasteiger partial charge in [-0.3, -0.25) is 5.10 Å². The van der Waals surface area contributed by atoms with E-state index in [1.807, 2.05) is 0 Å². The van der Waals surface area contributed by atoms with Gasteiger partial charge in [-0.05, 0) is 31.1 Å². The SMILES string of the molecule is NC1(CO)c2cn[nH]c2CCC12CC2. The second-order valence-corrected chi connectivity index (χ2v) is 4.67. The number of aliphatic hydroxyl groups excluding tert-OH is 1. The zero-order chi connectivity index (χ0) is 9.81. The van der Waals surface area contributed by atoms with E-state index in [-0.39, 0.29) is 12.0 Å². The summed E-state index contributed by atoms with van der Waals surface area (Å²) in [6.07, 6.45) is 6.18. The van der Waals surface area contributed by atoms with Gasteiger partial charge < -0.3 is 10.8 Å². The van der Waals surface area contributed by atoms with Gasteiger partial charge >= 0.3 is 0 Å². The zero-order valence-electron chi connectivity index (χ0n) is 8.08. The maximum atomic E-state index is 9.52. The summed E-state index contributed by atoms with van der Waals surface area (Å²) in [5.41, 5.74) is 8.10. The minimum atomic E-state index is -0.548. The predicted molar refractivity (Wildman–Crippen MR) is 51.5 cm³/mol. The first-order valence-corrected chi connectivity index (χ1v) is 5.14. The Morgan fingerprint density at radius 3 is 2.93 bits per heavy atom. The molecule has 1 aromatic rings. The van der Waals surface area contributed by atoms with E-state index >= 15 is 0 Å². The van der Waals surface area contributed by atoms with E-state index in [1.54, 1.807) is 6.20 Å². The third-order valence-corrected chi connectivity index (χ3v) is 4.10. The minimum absolute atomic E-state index is 0.0273. The molecule has 1 aromatic heterocycles. The number of fused-ring (bicyclic) bond motifs is 1. The van der Waals surface area contributed by atoms with Gasteiger partial charge in [-0.2, -0.15) is 5.10 Å². The van der Waals surface area contributed by atoms with Crippen LogP contribution in [-0.4, -0.2) is 21.9 Å². The Balaban J connectivity index is 2.15. The van der Waals surface area contributed by atoms with Crippen molar-refractivity contribution in [1.29, 1.82) is 0 Å². The van der Waals surface area contributed by atoms with Gasteiger partial charge in [-0.15, -0.1) is 0 Å².